The van der Waals surface area contributed by atoms with Crippen molar-refractivity contribution in [2.24, 2.45) is 0 Å². The molecule has 1 aromatic carbocycles. The minimum Gasteiger partial charge on any atom is -0.387 e. The van der Waals surface area contributed by atoms with Gasteiger partial charge in [0.1, 0.15) is 0 Å². The molecule has 0 spiro atoms. The molecule has 1 aliphatic heterocycles. The maximum atomic E-state index is 10.4. The van der Waals surface area contributed by atoms with Gasteiger partial charge in [-0.25, -0.2) is 0 Å². The lowest BCUT2D eigenvalue weighted by Crippen LogP contribution is -2.27. The zero-order valence-electron chi connectivity index (χ0n) is 13.1. The van der Waals surface area contributed by atoms with Crippen molar-refractivity contribution in [1.82, 2.24) is 4.90 Å². The van der Waals surface area contributed by atoms with Gasteiger partial charge in [0.2, 0.25) is 0 Å². The molecule has 2 unspecified atom stereocenters. The van der Waals surface area contributed by atoms with Crippen molar-refractivity contribution in [2.45, 2.75) is 44.8 Å². The van der Waals surface area contributed by atoms with Crippen LogP contribution in [-0.4, -0.2) is 42.9 Å². The van der Waals surface area contributed by atoms with Crippen molar-refractivity contribution < 1.29 is 9.84 Å². The van der Waals surface area contributed by atoms with Crippen LogP contribution in [0.25, 0.3) is 0 Å². The summed E-state index contributed by atoms with van der Waals surface area (Å²) in [5.74, 6) is 0. The van der Waals surface area contributed by atoms with E-state index in [1.807, 2.05) is 0 Å². The number of aliphatic hydroxyl groups excluding tert-OH is 1. The van der Waals surface area contributed by atoms with E-state index >= 15 is 0 Å². The minimum atomic E-state index is -0.417. The fraction of sp³-hybridized carbons (Fsp3) is 0.647. The van der Waals surface area contributed by atoms with Crippen LogP contribution in [0.4, 0.5) is 0 Å². The number of aliphatic hydroxyl groups is 1. The van der Waals surface area contributed by atoms with E-state index in [9.17, 15) is 5.11 Å². The number of benzene rings is 1. The largest absolute Gasteiger partial charge is 0.387 e. The van der Waals surface area contributed by atoms with Gasteiger partial charge in [-0.15, -0.1) is 0 Å². The highest BCUT2D eigenvalue weighted by Gasteiger charge is 2.24. The fourth-order valence-electron chi connectivity index (χ4n) is 2.71. The van der Waals surface area contributed by atoms with Gasteiger partial charge in [-0.05, 0) is 23.0 Å². The van der Waals surface area contributed by atoms with Gasteiger partial charge in [-0.1, -0.05) is 45.0 Å². The normalized spacial score (nSPS) is 22.1. The molecule has 1 aliphatic rings. The second-order valence-corrected chi connectivity index (χ2v) is 6.79. The smallest absolute Gasteiger partial charge is 0.0916 e. The zero-order valence-corrected chi connectivity index (χ0v) is 13.1. The number of hydrogen-bond acceptors (Lipinski definition) is 3. The van der Waals surface area contributed by atoms with Crippen LogP contribution in [0.15, 0.2) is 24.3 Å². The van der Waals surface area contributed by atoms with E-state index in [0.717, 1.165) is 25.1 Å². The third-order valence-corrected chi connectivity index (χ3v) is 4.16. The van der Waals surface area contributed by atoms with E-state index in [0.29, 0.717) is 12.6 Å². The molecule has 2 atom stereocenters. The molecule has 1 fully saturated rings. The van der Waals surface area contributed by atoms with Crippen LogP contribution in [0.3, 0.4) is 0 Å². The van der Waals surface area contributed by atoms with Crippen LogP contribution < -0.4 is 0 Å². The number of β-amino-alcohol motifs (C(OH)–C–C–N with tert-alkyl or cyclic N) is 1. The van der Waals surface area contributed by atoms with Gasteiger partial charge < -0.3 is 9.84 Å². The SMILES string of the molecule is COC1CCN(CC(O)c2ccc(C(C)(C)C)cc2)C1. The van der Waals surface area contributed by atoms with E-state index in [4.69, 9.17) is 4.74 Å². The van der Waals surface area contributed by atoms with Crippen molar-refractivity contribution in [3.63, 3.8) is 0 Å². The lowest BCUT2D eigenvalue weighted by atomic mass is 9.86. The summed E-state index contributed by atoms with van der Waals surface area (Å²) in [5.41, 5.74) is 2.46. The number of likely N-dealkylation sites (tertiary alicyclic amines) is 1. The Kier molecular flexibility index (Phi) is 4.84. The van der Waals surface area contributed by atoms with Crippen LogP contribution in [0.5, 0.6) is 0 Å². The fourth-order valence-corrected chi connectivity index (χ4v) is 2.71. The minimum absolute atomic E-state index is 0.157. The highest BCUT2D eigenvalue weighted by atomic mass is 16.5. The summed E-state index contributed by atoms with van der Waals surface area (Å²) in [6, 6.07) is 8.35. The van der Waals surface area contributed by atoms with Gasteiger partial charge in [0.15, 0.2) is 0 Å². The van der Waals surface area contributed by atoms with Gasteiger partial charge in [0.05, 0.1) is 12.2 Å². The van der Waals surface area contributed by atoms with Crippen LogP contribution in [0, 0.1) is 0 Å². The topological polar surface area (TPSA) is 32.7 Å². The van der Waals surface area contributed by atoms with Gasteiger partial charge in [-0.3, -0.25) is 4.90 Å². The first-order valence-corrected chi connectivity index (χ1v) is 7.44. The van der Waals surface area contributed by atoms with E-state index in [1.54, 1.807) is 7.11 Å². The quantitative estimate of drug-likeness (QED) is 0.918. The van der Waals surface area contributed by atoms with Crippen LogP contribution in [-0.2, 0) is 10.2 Å². The highest BCUT2D eigenvalue weighted by molar-refractivity contribution is 5.28. The summed E-state index contributed by atoms with van der Waals surface area (Å²) in [6.45, 7) is 9.23. The summed E-state index contributed by atoms with van der Waals surface area (Å²) < 4.78 is 5.36. The molecule has 3 nitrogen and oxygen atoms in total. The van der Waals surface area contributed by atoms with Crippen LogP contribution >= 0.6 is 0 Å². The molecule has 3 heteroatoms. The Balaban J connectivity index is 1.94. The number of ether oxygens (including phenoxy) is 1. The molecule has 0 radical (unpaired) electrons. The molecule has 1 aromatic rings. The molecule has 112 valence electrons. The van der Waals surface area contributed by atoms with E-state index in [1.165, 1.54) is 5.56 Å². The first-order valence-electron chi connectivity index (χ1n) is 7.44. The molecular formula is C17H27NO2. The maximum absolute atomic E-state index is 10.4. The Labute approximate surface area is 122 Å². The Morgan fingerprint density at radius 3 is 2.45 bits per heavy atom. The summed E-state index contributed by atoms with van der Waals surface area (Å²) in [4.78, 5) is 2.27. The third-order valence-electron chi connectivity index (χ3n) is 4.16. The third kappa shape index (κ3) is 3.81. The molecule has 0 aliphatic carbocycles. The molecule has 1 N–H and O–H groups in total. The number of rotatable bonds is 4. The molecule has 2 rings (SSSR count). The van der Waals surface area contributed by atoms with Gasteiger partial charge in [0.25, 0.3) is 0 Å². The zero-order chi connectivity index (χ0) is 14.8. The second kappa shape index (κ2) is 6.25. The number of methoxy groups -OCH3 is 1. The molecular weight excluding hydrogens is 250 g/mol. The molecule has 1 saturated heterocycles. The number of hydrogen-bond donors (Lipinski definition) is 1. The average Bonchev–Trinajstić information content (AvgIpc) is 2.85. The molecule has 0 saturated carbocycles. The lowest BCUT2D eigenvalue weighted by Gasteiger charge is -2.22. The van der Waals surface area contributed by atoms with E-state index in [2.05, 4.69) is 49.9 Å². The number of nitrogens with zero attached hydrogens (tertiary/aromatic N) is 1. The molecule has 20 heavy (non-hydrogen) atoms. The highest BCUT2D eigenvalue weighted by Crippen LogP contribution is 2.25. The predicted molar refractivity (Wildman–Crippen MR) is 82.0 cm³/mol. The molecule has 0 amide bonds. The Morgan fingerprint density at radius 2 is 1.95 bits per heavy atom. The van der Waals surface area contributed by atoms with Crippen molar-refractivity contribution in [3.8, 4) is 0 Å². The first-order chi connectivity index (χ1) is 9.40. The lowest BCUT2D eigenvalue weighted by molar-refractivity contribution is 0.0898. The van der Waals surface area contributed by atoms with E-state index in [-0.39, 0.29) is 5.41 Å². The van der Waals surface area contributed by atoms with Crippen molar-refractivity contribution in [2.75, 3.05) is 26.7 Å². The van der Waals surface area contributed by atoms with Crippen molar-refractivity contribution >= 4 is 0 Å². The van der Waals surface area contributed by atoms with Crippen molar-refractivity contribution in [3.05, 3.63) is 35.4 Å². The van der Waals surface area contributed by atoms with Crippen molar-refractivity contribution in [1.29, 1.82) is 0 Å². The van der Waals surface area contributed by atoms with Gasteiger partial charge >= 0.3 is 0 Å². The Bertz CT molecular complexity index is 422. The maximum Gasteiger partial charge on any atom is 0.0916 e. The van der Waals surface area contributed by atoms with E-state index < -0.39 is 6.10 Å². The molecule has 1 heterocycles. The predicted octanol–water partition coefficient (Wildman–Crippen LogP) is 2.74. The van der Waals surface area contributed by atoms with Gasteiger partial charge in [0, 0.05) is 26.7 Å². The standard InChI is InChI=1S/C17H27NO2/c1-17(2,3)14-7-5-13(6-8-14)16(19)12-18-10-9-15(11-18)20-4/h5-8,15-16,19H,9-12H2,1-4H3. The second-order valence-electron chi connectivity index (χ2n) is 6.79. The summed E-state index contributed by atoms with van der Waals surface area (Å²) in [5, 5.41) is 10.4. The first kappa shape index (κ1) is 15.5. The van der Waals surface area contributed by atoms with Gasteiger partial charge in [-0.2, -0.15) is 0 Å². The van der Waals surface area contributed by atoms with Crippen LogP contribution in [0.1, 0.15) is 44.4 Å². The molecule has 0 aromatic heterocycles. The Morgan fingerprint density at radius 1 is 1.30 bits per heavy atom. The monoisotopic (exact) mass is 277 g/mol. The van der Waals surface area contributed by atoms with Crippen LogP contribution in [0.2, 0.25) is 0 Å². The summed E-state index contributed by atoms with van der Waals surface area (Å²) in [7, 11) is 1.76. The summed E-state index contributed by atoms with van der Waals surface area (Å²) in [6.07, 6.45) is 0.969. The average molecular weight is 277 g/mol. The molecule has 0 bridgehead atoms. The Hall–Kier alpha value is -0.900. The summed E-state index contributed by atoms with van der Waals surface area (Å²) >= 11 is 0.